The zero-order chi connectivity index (χ0) is 19.5. The summed E-state index contributed by atoms with van der Waals surface area (Å²) in [4.78, 5) is 12.8. The Morgan fingerprint density at radius 1 is 1.22 bits per heavy atom. The van der Waals surface area contributed by atoms with E-state index in [0.717, 1.165) is 12.8 Å². The van der Waals surface area contributed by atoms with Gasteiger partial charge in [-0.15, -0.1) is 10.2 Å². The van der Waals surface area contributed by atoms with Crippen molar-refractivity contribution in [1.82, 2.24) is 15.5 Å². The number of ether oxygens (including phenoxy) is 1. The first kappa shape index (κ1) is 19.5. The van der Waals surface area contributed by atoms with Gasteiger partial charge in [-0.25, -0.2) is 0 Å². The Hall–Kier alpha value is -2.21. The number of hydrogen-bond donors (Lipinski definition) is 1. The van der Waals surface area contributed by atoms with Gasteiger partial charge in [-0.05, 0) is 44.7 Å². The summed E-state index contributed by atoms with van der Waals surface area (Å²) in [6.07, 6.45) is 2.74. The molecule has 1 aromatic carbocycles. The van der Waals surface area contributed by atoms with Crippen LogP contribution in [0, 0.1) is 6.92 Å². The van der Waals surface area contributed by atoms with Crippen LogP contribution in [0.4, 0.5) is 0 Å². The molecule has 6 heteroatoms. The monoisotopic (exact) mass is 371 g/mol. The fraction of sp³-hybridized carbons (Fsp3) is 0.571. The summed E-state index contributed by atoms with van der Waals surface area (Å²) in [7, 11) is 0. The topological polar surface area (TPSA) is 77.2 Å². The smallest absolute Gasteiger partial charge is 0.235 e. The third-order valence-corrected chi connectivity index (χ3v) is 5.30. The molecule has 1 fully saturated rings. The zero-order valence-electron chi connectivity index (χ0n) is 16.7. The molecule has 2 heterocycles. The van der Waals surface area contributed by atoms with Gasteiger partial charge in [0.25, 0.3) is 0 Å². The lowest BCUT2D eigenvalue weighted by atomic mass is 9.66. The number of carbonyl (C=O) groups excluding carboxylic acids is 1. The minimum Gasteiger partial charge on any atom is -0.423 e. The second-order valence-electron chi connectivity index (χ2n) is 8.03. The maximum absolute atomic E-state index is 12.8. The summed E-state index contributed by atoms with van der Waals surface area (Å²) in [5.41, 5.74) is 1.96. The van der Waals surface area contributed by atoms with Crippen molar-refractivity contribution in [3.8, 4) is 0 Å². The predicted molar refractivity (Wildman–Crippen MR) is 102 cm³/mol. The molecule has 1 saturated heterocycles. The summed E-state index contributed by atoms with van der Waals surface area (Å²) in [6.45, 7) is 9.17. The summed E-state index contributed by atoms with van der Waals surface area (Å²) in [5, 5.41) is 10.9. The lowest BCUT2D eigenvalue weighted by Crippen LogP contribution is -2.46. The molecule has 1 aromatic heterocycles. The van der Waals surface area contributed by atoms with E-state index in [4.69, 9.17) is 9.15 Å². The van der Waals surface area contributed by atoms with Gasteiger partial charge in [-0.1, -0.05) is 31.2 Å². The fourth-order valence-electron chi connectivity index (χ4n) is 4.17. The van der Waals surface area contributed by atoms with Crippen molar-refractivity contribution in [3.63, 3.8) is 0 Å². The van der Waals surface area contributed by atoms with Crippen molar-refractivity contribution in [1.29, 1.82) is 0 Å². The number of carbonyl (C=O) groups is 1. The molecule has 0 saturated carbocycles. The van der Waals surface area contributed by atoms with Crippen LogP contribution in [0.5, 0.6) is 0 Å². The third-order valence-electron chi connectivity index (χ3n) is 5.30. The van der Waals surface area contributed by atoms with Crippen molar-refractivity contribution in [2.24, 2.45) is 0 Å². The lowest BCUT2D eigenvalue weighted by molar-refractivity contribution is -0.127. The molecule has 27 heavy (non-hydrogen) atoms. The number of aromatic nitrogens is 2. The third kappa shape index (κ3) is 4.56. The lowest BCUT2D eigenvalue weighted by Gasteiger charge is -2.45. The first-order valence-electron chi connectivity index (χ1n) is 9.62. The van der Waals surface area contributed by atoms with Crippen molar-refractivity contribution < 1.29 is 13.9 Å². The molecule has 6 nitrogen and oxygen atoms in total. The van der Waals surface area contributed by atoms with Gasteiger partial charge in [0.15, 0.2) is 0 Å². The van der Waals surface area contributed by atoms with E-state index in [1.54, 1.807) is 0 Å². The number of nitrogens with one attached hydrogen (secondary N) is 1. The van der Waals surface area contributed by atoms with E-state index in [0.29, 0.717) is 31.2 Å². The van der Waals surface area contributed by atoms with Crippen LogP contribution in [0.25, 0.3) is 0 Å². The average Bonchev–Trinajstić information content (AvgIpc) is 3.07. The summed E-state index contributed by atoms with van der Waals surface area (Å²) in [6, 6.07) is 8.35. The standard InChI is InChI=1S/C21H29N3O3/c1-5-18-23-24-19(27-18)13-22-17(25)12-21(10-11-26-20(3,4)14-21)16-9-7-6-8-15(16)2/h6-9H,5,10-14H2,1-4H3,(H,22,25). The fourth-order valence-corrected chi connectivity index (χ4v) is 4.17. The Balaban J connectivity index is 1.77. The quantitative estimate of drug-likeness (QED) is 0.841. The molecule has 0 spiro atoms. The molecule has 2 aromatic rings. The van der Waals surface area contributed by atoms with Crippen LogP contribution in [0.1, 0.15) is 62.9 Å². The van der Waals surface area contributed by atoms with Crippen LogP contribution < -0.4 is 5.32 Å². The van der Waals surface area contributed by atoms with Crippen LogP contribution in [0.15, 0.2) is 28.7 Å². The number of amides is 1. The molecular formula is C21H29N3O3. The van der Waals surface area contributed by atoms with Gasteiger partial charge in [-0.2, -0.15) is 0 Å². The van der Waals surface area contributed by atoms with Gasteiger partial charge in [-0.3, -0.25) is 4.79 Å². The van der Waals surface area contributed by atoms with E-state index >= 15 is 0 Å². The van der Waals surface area contributed by atoms with Gasteiger partial charge in [0.2, 0.25) is 17.7 Å². The Labute approximate surface area is 160 Å². The normalized spacial score (nSPS) is 21.8. The van der Waals surface area contributed by atoms with E-state index in [-0.39, 0.29) is 23.5 Å². The number of benzene rings is 1. The highest BCUT2D eigenvalue weighted by atomic mass is 16.5. The first-order chi connectivity index (χ1) is 12.8. The molecule has 1 aliphatic rings. The average molecular weight is 371 g/mol. The molecule has 146 valence electrons. The Kier molecular flexibility index (Phi) is 5.65. The van der Waals surface area contributed by atoms with E-state index < -0.39 is 0 Å². The van der Waals surface area contributed by atoms with Crippen molar-refractivity contribution in [2.75, 3.05) is 6.61 Å². The molecule has 1 unspecified atom stereocenters. The van der Waals surface area contributed by atoms with Crippen LogP contribution in [0.2, 0.25) is 0 Å². The van der Waals surface area contributed by atoms with Gasteiger partial charge < -0.3 is 14.5 Å². The van der Waals surface area contributed by atoms with E-state index in [1.807, 2.05) is 13.0 Å². The SMILES string of the molecule is CCc1nnc(CNC(=O)CC2(c3ccccc3C)CCOC(C)(C)C2)o1. The van der Waals surface area contributed by atoms with Crippen molar-refractivity contribution in [2.45, 2.75) is 70.9 Å². The van der Waals surface area contributed by atoms with Crippen LogP contribution in [-0.2, 0) is 27.9 Å². The molecule has 1 N–H and O–H groups in total. The molecule has 3 rings (SSSR count). The number of rotatable bonds is 6. The summed E-state index contributed by atoms with van der Waals surface area (Å²) < 4.78 is 11.4. The molecular weight excluding hydrogens is 342 g/mol. The molecule has 1 aliphatic heterocycles. The largest absolute Gasteiger partial charge is 0.423 e. The van der Waals surface area contributed by atoms with Gasteiger partial charge >= 0.3 is 0 Å². The Bertz CT molecular complexity index is 799. The minimum atomic E-state index is -0.261. The first-order valence-corrected chi connectivity index (χ1v) is 9.62. The van der Waals surface area contributed by atoms with Crippen molar-refractivity contribution in [3.05, 3.63) is 47.2 Å². The minimum absolute atomic E-state index is 0.00722. The molecule has 0 bridgehead atoms. The highest BCUT2D eigenvalue weighted by molar-refractivity contribution is 5.77. The van der Waals surface area contributed by atoms with Gasteiger partial charge in [0, 0.05) is 24.9 Å². The Morgan fingerprint density at radius 2 is 1.96 bits per heavy atom. The zero-order valence-corrected chi connectivity index (χ0v) is 16.7. The van der Waals surface area contributed by atoms with Gasteiger partial charge in [0.05, 0.1) is 12.1 Å². The van der Waals surface area contributed by atoms with E-state index in [1.165, 1.54) is 11.1 Å². The molecule has 1 atom stereocenters. The molecule has 0 radical (unpaired) electrons. The van der Waals surface area contributed by atoms with Crippen molar-refractivity contribution >= 4 is 5.91 Å². The molecule has 0 aliphatic carbocycles. The highest BCUT2D eigenvalue weighted by Crippen LogP contribution is 2.45. The number of hydrogen-bond acceptors (Lipinski definition) is 5. The Morgan fingerprint density at radius 3 is 2.63 bits per heavy atom. The van der Waals surface area contributed by atoms with Crippen LogP contribution in [-0.4, -0.2) is 28.3 Å². The number of aryl methyl sites for hydroxylation is 2. The maximum Gasteiger partial charge on any atom is 0.235 e. The number of nitrogens with zero attached hydrogens (tertiary/aromatic N) is 2. The van der Waals surface area contributed by atoms with Crippen LogP contribution >= 0.6 is 0 Å². The second-order valence-corrected chi connectivity index (χ2v) is 8.03. The van der Waals surface area contributed by atoms with E-state index in [9.17, 15) is 4.79 Å². The highest BCUT2D eigenvalue weighted by Gasteiger charge is 2.44. The summed E-state index contributed by atoms with van der Waals surface area (Å²) in [5.74, 6) is 1.02. The van der Waals surface area contributed by atoms with Gasteiger partial charge in [0.1, 0.15) is 0 Å². The van der Waals surface area contributed by atoms with E-state index in [2.05, 4.69) is 54.5 Å². The summed E-state index contributed by atoms with van der Waals surface area (Å²) >= 11 is 0. The maximum atomic E-state index is 12.8. The van der Waals surface area contributed by atoms with Crippen LogP contribution in [0.3, 0.4) is 0 Å². The second kappa shape index (κ2) is 7.80. The molecule has 1 amide bonds. The predicted octanol–water partition coefficient (Wildman–Crippen LogP) is 3.47.